The van der Waals surface area contributed by atoms with Crippen molar-refractivity contribution in [3.63, 3.8) is 0 Å². The van der Waals surface area contributed by atoms with Gasteiger partial charge in [-0.1, -0.05) is 80.1 Å². The molecule has 3 aliphatic rings. The molecule has 2 aliphatic heterocycles. The predicted molar refractivity (Wildman–Crippen MR) is 185 cm³/mol. The summed E-state index contributed by atoms with van der Waals surface area (Å²) in [6.07, 6.45) is 9.14. The first-order chi connectivity index (χ1) is 21.1. The van der Waals surface area contributed by atoms with Crippen LogP contribution in [-0.2, 0) is 20.9 Å². The van der Waals surface area contributed by atoms with Gasteiger partial charge in [0.1, 0.15) is 7.05 Å². The first-order valence-corrected chi connectivity index (χ1v) is 17.1. The van der Waals surface area contributed by atoms with Gasteiger partial charge in [-0.2, -0.15) is 13.0 Å². The Labute approximate surface area is 272 Å². The monoisotopic (exact) mass is 639 g/mol. The van der Waals surface area contributed by atoms with Crippen molar-refractivity contribution in [2.45, 2.75) is 62.7 Å². The number of rotatable bonds is 5. The summed E-state index contributed by atoms with van der Waals surface area (Å²) in [5, 5.41) is 0.664. The second kappa shape index (κ2) is 11.0. The van der Waals surface area contributed by atoms with Crippen LogP contribution in [-0.4, -0.2) is 37.4 Å². The molecule has 1 N–H and O–H groups in total. The van der Waals surface area contributed by atoms with E-state index in [1.807, 2.05) is 6.92 Å². The number of benzene rings is 3. The van der Waals surface area contributed by atoms with E-state index in [0.717, 1.165) is 28.0 Å². The van der Waals surface area contributed by atoms with Gasteiger partial charge in [0.2, 0.25) is 5.69 Å². The highest BCUT2D eigenvalue weighted by Crippen LogP contribution is 2.49. The molecule has 45 heavy (non-hydrogen) atoms. The van der Waals surface area contributed by atoms with Gasteiger partial charge in [-0.05, 0) is 79.3 Å². The number of anilines is 1. The molecule has 1 aliphatic carbocycles. The lowest BCUT2D eigenvalue weighted by molar-refractivity contribution is -0.401. The van der Waals surface area contributed by atoms with E-state index < -0.39 is 10.1 Å². The van der Waals surface area contributed by atoms with Crippen molar-refractivity contribution in [1.29, 1.82) is 0 Å². The third kappa shape index (κ3) is 5.13. The van der Waals surface area contributed by atoms with Crippen LogP contribution >= 0.6 is 11.6 Å². The summed E-state index contributed by atoms with van der Waals surface area (Å²) < 4.78 is 36.4. The van der Waals surface area contributed by atoms with E-state index in [-0.39, 0.29) is 21.6 Å². The molecule has 232 valence electrons. The molecule has 0 fully saturated rings. The minimum absolute atomic E-state index is 0.115. The number of para-hydroxylation sites is 2. The zero-order valence-corrected chi connectivity index (χ0v) is 28.5. The Morgan fingerprint density at radius 2 is 1.60 bits per heavy atom. The maximum atomic E-state index is 12.1. The molecular weight excluding hydrogens is 600 g/mol. The standard InChI is InChI=1S/C38H39ClN2O3S/c1-24-16-18-26(45(42,43)44)23-28(24)29-22-25(17-20-34-37(2,3)30-12-8-10-14-32(30)40(34)6)36(39)27(29)19-21-35-38(4,5)31-13-9-11-15-33(31)41(35)7/h8-21,23,29H,22H2,1-7H3/p+1. The number of aryl methyl sites for hydroxylation is 1. The highest BCUT2D eigenvalue weighted by atomic mass is 35.5. The van der Waals surface area contributed by atoms with E-state index in [0.29, 0.717) is 11.5 Å². The number of nitrogens with zero attached hydrogens (tertiary/aromatic N) is 2. The molecule has 0 aromatic heterocycles. The number of hydrogen-bond acceptors (Lipinski definition) is 3. The summed E-state index contributed by atoms with van der Waals surface area (Å²) >= 11 is 7.26. The highest BCUT2D eigenvalue weighted by molar-refractivity contribution is 7.85. The van der Waals surface area contributed by atoms with E-state index in [1.165, 1.54) is 34.3 Å². The Kier molecular flexibility index (Phi) is 7.63. The van der Waals surface area contributed by atoms with Crippen molar-refractivity contribution in [2.24, 2.45) is 0 Å². The summed E-state index contributed by atoms with van der Waals surface area (Å²) in [6.45, 7) is 10.9. The fourth-order valence-corrected chi connectivity index (χ4v) is 8.32. The van der Waals surface area contributed by atoms with E-state index in [1.54, 1.807) is 12.1 Å². The second-order valence-corrected chi connectivity index (χ2v) is 15.2. The van der Waals surface area contributed by atoms with Crippen molar-refractivity contribution in [1.82, 2.24) is 0 Å². The molecule has 0 bridgehead atoms. The van der Waals surface area contributed by atoms with Crippen molar-refractivity contribution in [2.75, 3.05) is 19.0 Å². The SMILES string of the molecule is Cc1ccc(S(=O)(=O)O)cc1C1CC(C=CC2=[N+](C)c3ccccc3C2(C)C)=C(Cl)C1=CC=C1N(C)c2ccccc2C1(C)C. The molecule has 1 unspecified atom stereocenters. The molecule has 1 atom stereocenters. The Morgan fingerprint density at radius 3 is 2.27 bits per heavy atom. The maximum absolute atomic E-state index is 12.1. The van der Waals surface area contributed by atoms with Gasteiger partial charge in [0.05, 0.1) is 10.3 Å². The zero-order valence-electron chi connectivity index (χ0n) is 26.9. The molecule has 2 heterocycles. The summed E-state index contributed by atoms with van der Waals surface area (Å²) in [5.41, 5.74) is 10.5. The van der Waals surface area contributed by atoms with Gasteiger partial charge in [0, 0.05) is 52.5 Å². The van der Waals surface area contributed by atoms with Gasteiger partial charge in [-0.15, -0.1) is 0 Å². The van der Waals surface area contributed by atoms with Gasteiger partial charge >= 0.3 is 0 Å². The molecule has 6 rings (SSSR count). The summed E-state index contributed by atoms with van der Waals surface area (Å²) in [7, 11) is -0.184. The Hall–Kier alpha value is -3.71. The van der Waals surface area contributed by atoms with E-state index in [4.69, 9.17) is 11.6 Å². The maximum Gasteiger partial charge on any atom is 0.294 e. The predicted octanol–water partition coefficient (Wildman–Crippen LogP) is 8.72. The highest BCUT2D eigenvalue weighted by Gasteiger charge is 2.43. The lowest BCUT2D eigenvalue weighted by atomic mass is 9.81. The molecule has 0 amide bonds. The van der Waals surface area contributed by atoms with Crippen LogP contribution in [0.1, 0.15) is 62.3 Å². The summed E-state index contributed by atoms with van der Waals surface area (Å²) in [6, 6.07) is 21.7. The van der Waals surface area contributed by atoms with Crippen LogP contribution in [0.15, 0.2) is 118 Å². The minimum atomic E-state index is -4.37. The molecule has 0 saturated heterocycles. The molecule has 0 radical (unpaired) electrons. The number of fused-ring (bicyclic) bond motifs is 2. The summed E-state index contributed by atoms with van der Waals surface area (Å²) in [4.78, 5) is 2.11. The number of likely N-dealkylation sites (N-methyl/N-ethyl adjacent to an activating group) is 1. The van der Waals surface area contributed by atoms with Gasteiger partial charge < -0.3 is 4.90 Å². The fourth-order valence-electron chi connectivity index (χ4n) is 7.47. The van der Waals surface area contributed by atoms with Crippen molar-refractivity contribution < 1.29 is 17.5 Å². The molecule has 7 heteroatoms. The second-order valence-electron chi connectivity index (χ2n) is 13.4. The average molecular weight is 640 g/mol. The summed E-state index contributed by atoms with van der Waals surface area (Å²) in [5.74, 6) is -0.190. The van der Waals surface area contributed by atoms with Crippen LogP contribution in [0.25, 0.3) is 0 Å². The van der Waals surface area contributed by atoms with E-state index >= 15 is 0 Å². The lowest BCUT2D eigenvalue weighted by Gasteiger charge is -2.24. The van der Waals surface area contributed by atoms with Crippen LogP contribution < -0.4 is 4.90 Å². The van der Waals surface area contributed by atoms with Crippen LogP contribution in [0.3, 0.4) is 0 Å². The minimum Gasteiger partial charge on any atom is -0.347 e. The third-order valence-corrected chi connectivity index (χ3v) is 11.3. The number of allylic oxidation sites excluding steroid dienone is 8. The van der Waals surface area contributed by atoms with Gasteiger partial charge in [0.15, 0.2) is 5.71 Å². The van der Waals surface area contributed by atoms with Crippen molar-refractivity contribution in [3.05, 3.63) is 135 Å². The van der Waals surface area contributed by atoms with Gasteiger partial charge in [-0.3, -0.25) is 4.55 Å². The zero-order chi connectivity index (χ0) is 32.5. The lowest BCUT2D eigenvalue weighted by Crippen LogP contribution is -2.26. The van der Waals surface area contributed by atoms with Crippen molar-refractivity contribution in [3.8, 4) is 0 Å². The van der Waals surface area contributed by atoms with E-state index in [9.17, 15) is 13.0 Å². The Bertz CT molecular complexity index is 2010. The quantitative estimate of drug-likeness (QED) is 0.224. The number of hydrogen-bond donors (Lipinski definition) is 1. The van der Waals surface area contributed by atoms with Crippen LogP contribution in [0.2, 0.25) is 0 Å². The van der Waals surface area contributed by atoms with Crippen LogP contribution in [0.4, 0.5) is 11.4 Å². The number of halogens is 1. The van der Waals surface area contributed by atoms with Crippen molar-refractivity contribution >= 4 is 38.8 Å². The fraction of sp³-hybridized carbons (Fsp3) is 0.289. The largest absolute Gasteiger partial charge is 0.347 e. The van der Waals surface area contributed by atoms with E-state index in [2.05, 4.69) is 124 Å². The Morgan fingerprint density at radius 1 is 0.933 bits per heavy atom. The first kappa shape index (κ1) is 31.3. The van der Waals surface area contributed by atoms with Gasteiger partial charge in [-0.25, -0.2) is 0 Å². The topological polar surface area (TPSA) is 60.6 Å². The normalized spacial score (nSPS) is 22.3. The average Bonchev–Trinajstić information content (AvgIpc) is 3.48. The molecule has 0 spiro atoms. The molecule has 5 nitrogen and oxygen atoms in total. The Balaban J connectivity index is 1.46. The molecule has 0 saturated carbocycles. The smallest absolute Gasteiger partial charge is 0.294 e. The van der Waals surface area contributed by atoms with Crippen LogP contribution in [0.5, 0.6) is 0 Å². The third-order valence-electron chi connectivity index (χ3n) is 10.0. The molecular formula is C38H40ClN2O3S+. The van der Waals surface area contributed by atoms with Gasteiger partial charge in [0.25, 0.3) is 10.1 Å². The van der Waals surface area contributed by atoms with Crippen LogP contribution in [0, 0.1) is 6.92 Å². The first-order valence-electron chi connectivity index (χ1n) is 15.3. The molecule has 3 aromatic rings. The molecule has 3 aromatic carbocycles.